The van der Waals surface area contributed by atoms with Crippen LogP contribution in [-0.4, -0.2) is 17.5 Å². The normalized spacial score (nSPS) is 53.6. The molecule has 0 saturated heterocycles. The molecule has 0 amide bonds. The average Bonchev–Trinajstić information content (AvgIpc) is 3.17. The summed E-state index contributed by atoms with van der Waals surface area (Å²) in [5.41, 5.74) is 1.47. The Labute approximate surface area is 207 Å². The number of hydrogen-bond acceptors (Lipinski definition) is 3. The molecule has 1 N–H and O–H groups in total. The summed E-state index contributed by atoms with van der Waals surface area (Å²) in [5, 5.41) is 20.6. The first kappa shape index (κ1) is 24.5. The highest BCUT2D eigenvalue weighted by Crippen LogP contribution is 2.77. The SMILES string of the molecule is C=C(C)C1CCC2(CO)CCC3(C)C(CCC4C5(C)CC(C#N)C(=O)C(C)(C)C5CCC43C)C12. The first-order valence-corrected chi connectivity index (χ1v) is 14.0. The standard InChI is InChI=1S/C31H47NO2/c1-19(2)21-10-13-31(18-33)15-14-29(6)22(25(21)31)8-9-24-28(5)16-20(17-32)26(34)27(3,4)23(28)11-12-30(24,29)7/h20-25,33H,1,8-16,18H2,2-7H3. The van der Waals surface area contributed by atoms with Crippen LogP contribution in [0.4, 0.5) is 0 Å². The van der Waals surface area contributed by atoms with Gasteiger partial charge in [0.15, 0.2) is 5.78 Å². The van der Waals surface area contributed by atoms with E-state index in [-0.39, 0.29) is 27.4 Å². The second kappa shape index (κ2) is 7.44. The fourth-order valence-electron chi connectivity index (χ4n) is 11.7. The van der Waals surface area contributed by atoms with Crippen LogP contribution >= 0.6 is 0 Å². The van der Waals surface area contributed by atoms with E-state index in [1.807, 2.05) is 0 Å². The summed E-state index contributed by atoms with van der Waals surface area (Å²) >= 11 is 0. The molecule has 5 saturated carbocycles. The highest BCUT2D eigenvalue weighted by atomic mass is 16.3. The molecule has 5 rings (SSSR count). The van der Waals surface area contributed by atoms with E-state index in [0.29, 0.717) is 36.2 Å². The molecule has 188 valence electrons. The molecular formula is C31H47NO2. The van der Waals surface area contributed by atoms with Crippen LogP contribution < -0.4 is 0 Å². The highest BCUT2D eigenvalue weighted by molar-refractivity contribution is 5.89. The first-order valence-electron chi connectivity index (χ1n) is 14.0. The van der Waals surface area contributed by atoms with E-state index in [2.05, 4.69) is 54.2 Å². The minimum Gasteiger partial charge on any atom is -0.396 e. The lowest BCUT2D eigenvalue weighted by molar-refractivity contribution is -0.238. The Morgan fingerprint density at radius 3 is 2.32 bits per heavy atom. The Balaban J connectivity index is 1.57. The molecule has 0 aromatic heterocycles. The van der Waals surface area contributed by atoms with Gasteiger partial charge in [0.2, 0.25) is 0 Å². The predicted molar refractivity (Wildman–Crippen MR) is 136 cm³/mol. The zero-order valence-corrected chi connectivity index (χ0v) is 22.5. The van der Waals surface area contributed by atoms with E-state index in [9.17, 15) is 15.2 Å². The van der Waals surface area contributed by atoms with Gasteiger partial charge in [0.1, 0.15) is 5.92 Å². The number of hydrogen-bond donors (Lipinski definition) is 1. The number of nitriles is 1. The molecule has 0 aliphatic heterocycles. The molecule has 3 heteroatoms. The van der Waals surface area contributed by atoms with Gasteiger partial charge in [-0.1, -0.05) is 46.8 Å². The van der Waals surface area contributed by atoms with Crippen molar-refractivity contribution in [1.29, 1.82) is 5.26 Å². The van der Waals surface area contributed by atoms with Crippen molar-refractivity contribution in [3.05, 3.63) is 12.2 Å². The molecule has 5 aliphatic rings. The topological polar surface area (TPSA) is 61.1 Å². The molecule has 3 nitrogen and oxygen atoms in total. The molecule has 34 heavy (non-hydrogen) atoms. The van der Waals surface area contributed by atoms with Crippen molar-refractivity contribution in [1.82, 2.24) is 0 Å². The van der Waals surface area contributed by atoms with E-state index >= 15 is 0 Å². The number of carbonyl (C=O) groups excluding carboxylic acids is 1. The maximum Gasteiger partial charge on any atom is 0.155 e. The lowest BCUT2D eigenvalue weighted by Gasteiger charge is -2.72. The third-order valence-corrected chi connectivity index (χ3v) is 13.4. The van der Waals surface area contributed by atoms with Gasteiger partial charge in [-0.05, 0) is 116 Å². The van der Waals surface area contributed by atoms with Crippen molar-refractivity contribution in [3.8, 4) is 6.07 Å². The zero-order chi connectivity index (χ0) is 24.9. The van der Waals surface area contributed by atoms with Gasteiger partial charge in [-0.3, -0.25) is 4.79 Å². The summed E-state index contributed by atoms with van der Waals surface area (Å²) in [4.78, 5) is 13.2. The molecule has 0 aromatic rings. The van der Waals surface area contributed by atoms with Gasteiger partial charge in [0.05, 0.1) is 6.07 Å². The number of ketones is 1. The molecule has 10 atom stereocenters. The van der Waals surface area contributed by atoms with Gasteiger partial charge in [0, 0.05) is 12.0 Å². The van der Waals surface area contributed by atoms with Crippen molar-refractivity contribution in [2.75, 3.05) is 6.61 Å². The van der Waals surface area contributed by atoms with Crippen LogP contribution in [0.3, 0.4) is 0 Å². The Kier molecular flexibility index (Phi) is 5.37. The number of carbonyl (C=O) groups is 1. The summed E-state index contributed by atoms with van der Waals surface area (Å²) in [6.45, 7) is 18.9. The summed E-state index contributed by atoms with van der Waals surface area (Å²) in [5.74, 6) is 2.36. The minimum atomic E-state index is -0.458. The summed E-state index contributed by atoms with van der Waals surface area (Å²) in [6.07, 6.45) is 10.1. The lowest BCUT2D eigenvalue weighted by Crippen LogP contribution is -2.67. The smallest absolute Gasteiger partial charge is 0.155 e. The van der Waals surface area contributed by atoms with Crippen molar-refractivity contribution in [2.24, 2.45) is 62.6 Å². The Hall–Kier alpha value is -1.14. The Morgan fingerprint density at radius 2 is 1.71 bits per heavy atom. The number of aliphatic hydroxyl groups is 1. The van der Waals surface area contributed by atoms with Crippen LogP contribution in [0.5, 0.6) is 0 Å². The summed E-state index contributed by atoms with van der Waals surface area (Å²) < 4.78 is 0. The first-order chi connectivity index (χ1) is 15.8. The van der Waals surface area contributed by atoms with Gasteiger partial charge < -0.3 is 5.11 Å². The second-order valence-electron chi connectivity index (χ2n) is 14.7. The molecule has 5 aliphatic carbocycles. The van der Waals surface area contributed by atoms with Crippen molar-refractivity contribution in [3.63, 3.8) is 0 Å². The van der Waals surface area contributed by atoms with Crippen LogP contribution in [-0.2, 0) is 4.79 Å². The van der Waals surface area contributed by atoms with Crippen LogP contribution in [0, 0.1) is 73.9 Å². The molecule has 10 unspecified atom stereocenters. The molecule has 0 spiro atoms. The third-order valence-electron chi connectivity index (χ3n) is 13.4. The number of Topliss-reactive ketones (excluding diaryl/α,β-unsaturated/α-hetero) is 1. The summed E-state index contributed by atoms with van der Waals surface area (Å²) in [6, 6.07) is 2.42. The van der Waals surface area contributed by atoms with Crippen LogP contribution in [0.2, 0.25) is 0 Å². The van der Waals surface area contributed by atoms with Gasteiger partial charge in [-0.15, -0.1) is 0 Å². The van der Waals surface area contributed by atoms with E-state index in [0.717, 1.165) is 25.7 Å². The van der Waals surface area contributed by atoms with E-state index in [1.54, 1.807) is 0 Å². The van der Waals surface area contributed by atoms with Gasteiger partial charge in [0.25, 0.3) is 0 Å². The van der Waals surface area contributed by atoms with Crippen molar-refractivity contribution < 1.29 is 9.90 Å². The number of rotatable bonds is 2. The van der Waals surface area contributed by atoms with Crippen LogP contribution in [0.1, 0.15) is 99.3 Å². The highest BCUT2D eigenvalue weighted by Gasteiger charge is 2.71. The maximum absolute atomic E-state index is 13.2. The van der Waals surface area contributed by atoms with Crippen LogP contribution in [0.15, 0.2) is 12.2 Å². The Bertz CT molecular complexity index is 946. The van der Waals surface area contributed by atoms with Crippen LogP contribution in [0.25, 0.3) is 0 Å². The maximum atomic E-state index is 13.2. The fourth-order valence-corrected chi connectivity index (χ4v) is 11.7. The largest absolute Gasteiger partial charge is 0.396 e. The predicted octanol–water partition coefficient (Wildman–Crippen LogP) is 6.96. The Morgan fingerprint density at radius 1 is 1.00 bits per heavy atom. The number of nitrogens with zero attached hydrogens (tertiary/aromatic N) is 1. The molecule has 0 radical (unpaired) electrons. The number of fused-ring (bicyclic) bond motifs is 7. The quantitative estimate of drug-likeness (QED) is 0.449. The van der Waals surface area contributed by atoms with Crippen molar-refractivity contribution >= 4 is 5.78 Å². The molecular weight excluding hydrogens is 418 g/mol. The van der Waals surface area contributed by atoms with Gasteiger partial charge in [-0.25, -0.2) is 0 Å². The number of aliphatic hydroxyl groups excluding tert-OH is 1. The van der Waals surface area contributed by atoms with E-state index in [1.165, 1.54) is 37.7 Å². The molecule has 0 aromatic carbocycles. The molecule has 0 bridgehead atoms. The summed E-state index contributed by atoms with van der Waals surface area (Å²) in [7, 11) is 0. The van der Waals surface area contributed by atoms with Gasteiger partial charge >= 0.3 is 0 Å². The van der Waals surface area contributed by atoms with E-state index in [4.69, 9.17) is 0 Å². The lowest BCUT2D eigenvalue weighted by atomic mass is 9.32. The number of allylic oxidation sites excluding steroid dienone is 1. The third kappa shape index (κ3) is 2.76. The monoisotopic (exact) mass is 465 g/mol. The van der Waals surface area contributed by atoms with Gasteiger partial charge in [-0.2, -0.15) is 5.26 Å². The minimum absolute atomic E-state index is 0.0354. The van der Waals surface area contributed by atoms with Crippen molar-refractivity contribution in [2.45, 2.75) is 99.3 Å². The zero-order valence-electron chi connectivity index (χ0n) is 22.5. The molecule has 0 heterocycles. The van der Waals surface area contributed by atoms with E-state index < -0.39 is 11.3 Å². The average molecular weight is 466 g/mol. The fraction of sp³-hybridized carbons (Fsp3) is 0.871. The second-order valence-corrected chi connectivity index (χ2v) is 14.7. The molecule has 5 fully saturated rings.